The Balaban J connectivity index is 0.000000165. The lowest BCUT2D eigenvalue weighted by Crippen LogP contribution is -2.44. The predicted molar refractivity (Wildman–Crippen MR) is 406 cm³/mol. The molecule has 0 saturated carbocycles. The van der Waals surface area contributed by atoms with Crippen LogP contribution in [-0.4, -0.2) is 109 Å². The highest BCUT2D eigenvalue weighted by Crippen LogP contribution is 2.41. The quantitative estimate of drug-likeness (QED) is 0.0492. The second-order valence-electron chi connectivity index (χ2n) is 28.1. The lowest BCUT2D eigenvalue weighted by molar-refractivity contribution is -0.143. The number of ether oxygens (including phenoxy) is 5. The van der Waals surface area contributed by atoms with E-state index in [4.69, 9.17) is 39.7 Å². The van der Waals surface area contributed by atoms with Crippen molar-refractivity contribution in [2.45, 2.75) is 162 Å². The van der Waals surface area contributed by atoms with E-state index in [0.717, 1.165) is 88.0 Å². The Labute approximate surface area is 673 Å². The third kappa shape index (κ3) is 25.0. The number of halogens is 16. The highest BCUT2D eigenvalue weighted by molar-refractivity contribution is 7.10. The van der Waals surface area contributed by atoms with Gasteiger partial charge in [0.05, 0.1) is 54.0 Å². The number of pyridine rings is 3. The van der Waals surface area contributed by atoms with Crippen LogP contribution in [0, 0.1) is 12.7 Å². The summed E-state index contributed by atoms with van der Waals surface area (Å²) in [6, 6.07) is 32.0. The van der Waals surface area contributed by atoms with Crippen LogP contribution in [0.1, 0.15) is 173 Å². The number of thiophene rings is 1. The number of fused-ring (bicyclic) bond motifs is 1. The maximum Gasteiger partial charge on any atom is 0.416 e. The molecular weight excluding hydrogens is 1600 g/mol. The van der Waals surface area contributed by atoms with Crippen LogP contribution < -0.4 is 4.74 Å². The van der Waals surface area contributed by atoms with Crippen molar-refractivity contribution < 1.29 is 104 Å². The minimum atomic E-state index is -5.07. The first kappa shape index (κ1) is 89.4. The van der Waals surface area contributed by atoms with Gasteiger partial charge in [0.2, 0.25) is 0 Å². The SMILES string of the molecule is CCOC(=O)N1CCC(OC(c2ccc(Cl)cc2)c2cc(C(C)(F)F)ccn2)CC1.C[C@@H]1CN(Cc2ccc(-c3cnc(CN4CCc5sccc5C4)cc3C(F)F)o2)C[C@H](C)O1.Cc1cnc(C(=O)O[C@H](C)c2cc(C(F)(F)F)cc(C(F)(F)F)c2)cc1C(C)(F)F.Fc1cc(-c2cncnc2C(F)F)ccc1OCc1ccccc1. The highest BCUT2D eigenvalue weighted by atomic mass is 35.5. The van der Waals surface area contributed by atoms with Gasteiger partial charge in [0.15, 0.2) is 11.6 Å². The van der Waals surface area contributed by atoms with Gasteiger partial charge in [-0.15, -0.1) is 11.3 Å². The van der Waals surface area contributed by atoms with E-state index >= 15 is 0 Å². The molecule has 0 aliphatic carbocycles. The number of piperidine rings is 1. The number of furan rings is 1. The molecule has 1 unspecified atom stereocenters. The van der Waals surface area contributed by atoms with Gasteiger partial charge in [0.1, 0.15) is 48.1 Å². The molecule has 2 fully saturated rings. The number of hydrogen-bond acceptors (Lipinski definition) is 16. The average Bonchev–Trinajstić information content (AvgIpc) is 1.30. The van der Waals surface area contributed by atoms with Crippen molar-refractivity contribution in [2.24, 2.45) is 0 Å². The van der Waals surface area contributed by atoms with Crippen LogP contribution in [0.25, 0.3) is 22.5 Å². The molecule has 9 heterocycles. The monoisotopic (exact) mass is 1680 g/mol. The van der Waals surface area contributed by atoms with Gasteiger partial charge in [-0.05, 0) is 178 Å². The van der Waals surface area contributed by atoms with Gasteiger partial charge in [-0.3, -0.25) is 19.8 Å². The molecule has 0 N–H and O–H groups in total. The van der Waals surface area contributed by atoms with Crippen LogP contribution in [0.4, 0.5) is 70.7 Å². The van der Waals surface area contributed by atoms with E-state index < -0.39 is 94.7 Å². The zero-order valence-electron chi connectivity index (χ0n) is 64.2. The summed E-state index contributed by atoms with van der Waals surface area (Å²) in [5.74, 6) is -6.95. The number of carbonyl (C=O) groups excluding carboxylic acids is 2. The van der Waals surface area contributed by atoms with E-state index in [1.165, 1.54) is 66.3 Å². The number of morpholine rings is 1. The molecule has 3 aliphatic heterocycles. The number of hydrogen-bond donors (Lipinski definition) is 0. The summed E-state index contributed by atoms with van der Waals surface area (Å²) in [6.45, 7) is 15.9. The van der Waals surface area contributed by atoms with Crippen molar-refractivity contribution in [1.29, 1.82) is 0 Å². The normalized spacial score (nSPS) is 16.2. The molecule has 16 nitrogen and oxygen atoms in total. The van der Waals surface area contributed by atoms with Gasteiger partial charge in [-0.1, -0.05) is 60.1 Å². The zero-order valence-corrected chi connectivity index (χ0v) is 65.8. The Morgan fingerprint density at radius 3 is 2.02 bits per heavy atom. The summed E-state index contributed by atoms with van der Waals surface area (Å²) in [7, 11) is 0. The van der Waals surface area contributed by atoms with Crippen molar-refractivity contribution in [3.63, 3.8) is 0 Å². The van der Waals surface area contributed by atoms with E-state index in [0.29, 0.717) is 92.4 Å². The van der Waals surface area contributed by atoms with Crippen LogP contribution in [0.3, 0.4) is 0 Å². The largest absolute Gasteiger partial charge is 0.486 e. The van der Waals surface area contributed by atoms with Gasteiger partial charge in [-0.25, -0.2) is 64.1 Å². The maximum atomic E-state index is 14.2. The maximum absolute atomic E-state index is 14.2. The van der Waals surface area contributed by atoms with Gasteiger partial charge < -0.3 is 33.0 Å². The van der Waals surface area contributed by atoms with E-state index in [1.807, 2.05) is 36.4 Å². The minimum absolute atomic E-state index is 0.0252. The molecule has 13 rings (SSSR count). The average molecular weight is 1680 g/mol. The first-order valence-corrected chi connectivity index (χ1v) is 38.2. The minimum Gasteiger partial charge on any atom is -0.486 e. The van der Waals surface area contributed by atoms with Crippen LogP contribution in [0.5, 0.6) is 5.75 Å². The number of nitrogens with zero attached hydrogens (tertiary/aromatic N) is 8. The van der Waals surface area contributed by atoms with Gasteiger partial charge in [-0.2, -0.15) is 26.3 Å². The van der Waals surface area contributed by atoms with Crippen molar-refractivity contribution >= 4 is 35.0 Å². The Hall–Kier alpha value is -9.99. The summed E-state index contributed by atoms with van der Waals surface area (Å²) in [6.07, 6.45) is -9.40. The van der Waals surface area contributed by atoms with Gasteiger partial charge in [0, 0.05) is 122 Å². The fourth-order valence-corrected chi connectivity index (χ4v) is 14.2. The van der Waals surface area contributed by atoms with Crippen LogP contribution >= 0.6 is 22.9 Å². The fourth-order valence-electron chi connectivity index (χ4n) is 13.2. The molecule has 2 saturated heterocycles. The highest BCUT2D eigenvalue weighted by Gasteiger charge is 2.39. The lowest BCUT2D eigenvalue weighted by Gasteiger charge is -2.34. The van der Waals surface area contributed by atoms with Crippen molar-refractivity contribution in [2.75, 3.05) is 39.3 Å². The molecular formula is C84H82ClF15N8O8S. The first-order valence-electron chi connectivity index (χ1n) is 37.0. The molecule has 1 amide bonds. The molecule has 4 aromatic carbocycles. The van der Waals surface area contributed by atoms with Gasteiger partial charge >= 0.3 is 24.4 Å². The summed E-state index contributed by atoms with van der Waals surface area (Å²) in [5, 5.41) is 2.69. The molecule has 117 heavy (non-hydrogen) atoms. The number of carbonyl (C=O) groups is 2. The molecule has 0 radical (unpaired) electrons. The Morgan fingerprint density at radius 2 is 1.38 bits per heavy atom. The summed E-state index contributed by atoms with van der Waals surface area (Å²) in [5.41, 5.74) is -0.469. The van der Waals surface area contributed by atoms with Crippen LogP contribution in [-0.2, 0) is 75.8 Å². The molecule has 10 aromatic rings. The number of alkyl halides is 14. The Morgan fingerprint density at radius 1 is 0.692 bits per heavy atom. The van der Waals surface area contributed by atoms with E-state index in [-0.39, 0.29) is 70.6 Å². The van der Waals surface area contributed by atoms with Crippen molar-refractivity contribution in [1.82, 2.24) is 39.6 Å². The molecule has 4 atom stereocenters. The second-order valence-corrected chi connectivity index (χ2v) is 29.6. The summed E-state index contributed by atoms with van der Waals surface area (Å²) in [4.78, 5) is 51.5. The molecule has 0 bridgehead atoms. The van der Waals surface area contributed by atoms with Crippen molar-refractivity contribution in [3.05, 3.63) is 270 Å². The molecule has 33 heteroatoms. The number of aryl methyl sites for hydroxylation is 1. The third-order valence-electron chi connectivity index (χ3n) is 18.9. The number of esters is 1. The van der Waals surface area contributed by atoms with Crippen LogP contribution in [0.15, 0.2) is 174 Å². The van der Waals surface area contributed by atoms with Crippen molar-refractivity contribution in [3.8, 4) is 28.2 Å². The van der Waals surface area contributed by atoms with Gasteiger partial charge in [0.25, 0.3) is 24.7 Å². The molecule has 624 valence electrons. The molecule has 0 spiro atoms. The number of amides is 1. The number of aromatic nitrogens is 5. The lowest BCUT2D eigenvalue weighted by atomic mass is 10.0. The first-order chi connectivity index (χ1) is 55.4. The predicted octanol–water partition coefficient (Wildman–Crippen LogP) is 22.3. The zero-order chi connectivity index (χ0) is 84.7. The number of likely N-dealkylation sites (tertiary alicyclic amines) is 1. The Kier molecular flexibility index (Phi) is 30.2. The standard InChI is InChI=1S/C25H29F2N3O2S.C22H25ClF2N2O3.C19H15F8NO2.C18H13F3N2O/c1-16-11-30(12-17(2)31-16)15-20-3-4-23(32-20)22-10-28-19(9-21(22)25(26)27)14-29-7-5-24-18(13-29)6-8-33-24;1-3-29-21(28)27-12-9-18(10-13-27)30-20(15-4-6-17(23)7-5-15)19-14-16(8-11-26-19)22(2,24)25;1-9-8-28-15(7-14(9)17(3,20)21)16(29)30-10(2)11-4-12(18(22,23)24)6-13(5-11)19(25,26)27;19-15-8-13(14-9-22-11-23-17(14)18(20)21)6-7-16(15)24-10-12-4-2-1-3-5-12/h3-4,6,8-10,16-17,25H,5,7,11-15H2,1-2H3;4-8,11,14,18,20H,3,9-10,12-13H2,1-2H3;4-8,10H,1-3H3;1-9,11,18H,10H2/t16-,17+;;10-;/m..1./s1. The van der Waals surface area contributed by atoms with E-state index in [2.05, 4.69) is 60.0 Å². The molecule has 6 aromatic heterocycles. The second kappa shape index (κ2) is 39.5. The van der Waals surface area contributed by atoms with E-state index in [9.17, 15) is 75.4 Å². The number of rotatable bonds is 21. The molecule has 3 aliphatic rings. The smallest absolute Gasteiger partial charge is 0.416 e. The third-order valence-corrected chi connectivity index (χ3v) is 20.2. The van der Waals surface area contributed by atoms with Crippen LogP contribution in [0.2, 0.25) is 5.02 Å². The Bertz CT molecular complexity index is 4910. The topological polar surface area (TPSA) is 168 Å². The van der Waals surface area contributed by atoms with E-state index in [1.54, 1.807) is 53.5 Å². The fraction of sp³-hybridized carbons (Fsp3) is 0.369. The number of benzene rings is 4. The summed E-state index contributed by atoms with van der Waals surface area (Å²) >= 11 is 7.80. The summed E-state index contributed by atoms with van der Waals surface area (Å²) < 4.78 is 234.